The average molecular weight is 378 g/mol. The Hall–Kier alpha value is -2.30. The maximum atomic E-state index is 12.6. The Morgan fingerprint density at radius 1 is 1.15 bits per heavy atom. The van der Waals surface area contributed by atoms with Gasteiger partial charge in [-0.2, -0.15) is 5.26 Å². The second-order valence-corrected chi connectivity index (χ2v) is 5.95. The van der Waals surface area contributed by atoms with Gasteiger partial charge >= 0.3 is 5.97 Å². The number of nitrogens with zero attached hydrogens (tertiary/aromatic N) is 1. The van der Waals surface area contributed by atoms with E-state index in [1.54, 1.807) is 27.9 Å². The summed E-state index contributed by atoms with van der Waals surface area (Å²) in [6.45, 7) is 7.92. The van der Waals surface area contributed by atoms with Crippen molar-refractivity contribution in [3.05, 3.63) is 24.3 Å². The smallest absolute Gasteiger partial charge is 0.367 e. The molecule has 0 spiro atoms. The molecule has 1 aromatic rings. The Bertz CT molecular complexity index is 606. The average Bonchev–Trinajstić information content (AvgIpc) is 2.67. The van der Waals surface area contributed by atoms with E-state index in [-0.39, 0.29) is 19.8 Å². The summed E-state index contributed by atoms with van der Waals surface area (Å²) in [5, 5.41) is 12.7. The fourth-order valence-electron chi connectivity index (χ4n) is 2.85. The second-order valence-electron chi connectivity index (χ2n) is 5.95. The minimum atomic E-state index is -1.53. The lowest BCUT2D eigenvalue weighted by atomic mass is 9.92. The molecule has 1 aromatic carbocycles. The minimum Gasteiger partial charge on any atom is -0.497 e. The molecule has 7 nitrogen and oxygen atoms in total. The van der Waals surface area contributed by atoms with Gasteiger partial charge in [0.1, 0.15) is 11.8 Å². The lowest BCUT2D eigenvalue weighted by Gasteiger charge is -2.36. The van der Waals surface area contributed by atoms with Crippen molar-refractivity contribution in [2.75, 3.05) is 32.2 Å². The maximum absolute atomic E-state index is 12.6. The number of carbonyl (C=O) groups excluding carboxylic acids is 1. The van der Waals surface area contributed by atoms with Gasteiger partial charge in [-0.25, -0.2) is 4.79 Å². The molecule has 7 heteroatoms. The van der Waals surface area contributed by atoms with E-state index >= 15 is 0 Å². The summed E-state index contributed by atoms with van der Waals surface area (Å²) in [6, 6.07) is 8.97. The Kier molecular flexibility index (Phi) is 9.62. The first-order valence-corrected chi connectivity index (χ1v) is 9.22. The summed E-state index contributed by atoms with van der Waals surface area (Å²) in [4.78, 5) is 12.6. The van der Waals surface area contributed by atoms with Gasteiger partial charge in [0.25, 0.3) is 5.79 Å². The van der Waals surface area contributed by atoms with Gasteiger partial charge in [-0.15, -0.1) is 0 Å². The van der Waals surface area contributed by atoms with Crippen LogP contribution in [-0.4, -0.2) is 44.7 Å². The molecule has 0 saturated carbocycles. The number of anilines is 1. The zero-order chi connectivity index (χ0) is 20.3. The monoisotopic (exact) mass is 378 g/mol. The molecule has 150 valence electrons. The van der Waals surface area contributed by atoms with E-state index in [9.17, 15) is 10.1 Å². The summed E-state index contributed by atoms with van der Waals surface area (Å²) in [7, 11) is 1.60. The lowest BCUT2D eigenvalue weighted by molar-refractivity contribution is -0.265. The highest BCUT2D eigenvalue weighted by atomic mass is 16.7. The van der Waals surface area contributed by atoms with Gasteiger partial charge in [0.2, 0.25) is 0 Å². The summed E-state index contributed by atoms with van der Waals surface area (Å²) in [5.41, 5.74) is 0.782. The number of carbonyl (C=O) groups is 1. The third kappa shape index (κ3) is 6.12. The van der Waals surface area contributed by atoms with Crippen LogP contribution in [0.1, 0.15) is 34.1 Å². The summed E-state index contributed by atoms with van der Waals surface area (Å²) in [6.07, 6.45) is 0.335. The van der Waals surface area contributed by atoms with Crippen LogP contribution in [0.5, 0.6) is 5.75 Å². The van der Waals surface area contributed by atoms with Gasteiger partial charge < -0.3 is 24.3 Å². The van der Waals surface area contributed by atoms with Gasteiger partial charge in [-0.1, -0.05) is 6.92 Å². The highest BCUT2D eigenvalue weighted by Gasteiger charge is 2.48. The Morgan fingerprint density at radius 3 is 2.19 bits per heavy atom. The number of benzene rings is 1. The van der Waals surface area contributed by atoms with Gasteiger partial charge in [-0.05, 0) is 51.5 Å². The largest absolute Gasteiger partial charge is 0.497 e. The first kappa shape index (κ1) is 22.7. The van der Waals surface area contributed by atoms with E-state index in [4.69, 9.17) is 18.9 Å². The van der Waals surface area contributed by atoms with Crippen LogP contribution in [0.4, 0.5) is 5.69 Å². The quantitative estimate of drug-likeness (QED) is 0.440. The van der Waals surface area contributed by atoms with Crippen LogP contribution < -0.4 is 10.1 Å². The van der Waals surface area contributed by atoms with E-state index in [0.29, 0.717) is 6.42 Å². The molecule has 2 unspecified atom stereocenters. The van der Waals surface area contributed by atoms with Crippen molar-refractivity contribution >= 4 is 11.7 Å². The third-order valence-corrected chi connectivity index (χ3v) is 4.10. The van der Waals surface area contributed by atoms with Crippen molar-refractivity contribution in [2.24, 2.45) is 5.92 Å². The Morgan fingerprint density at radius 2 is 1.74 bits per heavy atom. The fourth-order valence-corrected chi connectivity index (χ4v) is 2.85. The molecule has 0 aliphatic rings. The minimum absolute atomic E-state index is 0.221. The normalized spacial score (nSPS) is 13.3. The first-order chi connectivity index (χ1) is 13.0. The Balaban J connectivity index is 2.96. The van der Waals surface area contributed by atoms with Crippen molar-refractivity contribution in [2.45, 2.75) is 45.9 Å². The van der Waals surface area contributed by atoms with Crippen molar-refractivity contribution in [1.82, 2.24) is 0 Å². The summed E-state index contributed by atoms with van der Waals surface area (Å²) < 4.78 is 21.8. The number of esters is 1. The third-order valence-electron chi connectivity index (χ3n) is 4.10. The molecule has 0 saturated heterocycles. The van der Waals surface area contributed by atoms with Crippen molar-refractivity contribution in [3.63, 3.8) is 0 Å². The molecule has 0 bridgehead atoms. The fraction of sp³-hybridized carbons (Fsp3) is 0.600. The zero-order valence-electron chi connectivity index (χ0n) is 16.8. The predicted molar refractivity (Wildman–Crippen MR) is 102 cm³/mol. The first-order valence-electron chi connectivity index (χ1n) is 9.22. The van der Waals surface area contributed by atoms with Gasteiger partial charge in [0.15, 0.2) is 0 Å². The van der Waals surface area contributed by atoms with Crippen LogP contribution in [0.2, 0.25) is 0 Å². The molecular weight excluding hydrogens is 348 g/mol. The number of nitriles is 1. The maximum Gasteiger partial charge on any atom is 0.367 e. The predicted octanol–water partition coefficient (Wildman–Crippen LogP) is 3.36. The van der Waals surface area contributed by atoms with Crippen molar-refractivity contribution in [3.8, 4) is 11.8 Å². The molecule has 0 heterocycles. The molecule has 0 aromatic heterocycles. The van der Waals surface area contributed by atoms with Gasteiger partial charge in [-0.3, -0.25) is 0 Å². The molecule has 1 rings (SSSR count). The lowest BCUT2D eigenvalue weighted by Crippen LogP contribution is -2.52. The molecule has 0 radical (unpaired) electrons. The molecule has 0 aliphatic heterocycles. The number of hydrogen-bond donors (Lipinski definition) is 1. The molecule has 0 fully saturated rings. The van der Waals surface area contributed by atoms with Crippen LogP contribution in [0.3, 0.4) is 0 Å². The topological polar surface area (TPSA) is 89.8 Å². The van der Waals surface area contributed by atoms with Crippen LogP contribution in [0, 0.1) is 17.2 Å². The number of rotatable bonds is 12. The van der Waals surface area contributed by atoms with Crippen LogP contribution in [0.15, 0.2) is 24.3 Å². The highest BCUT2D eigenvalue weighted by Crippen LogP contribution is 2.30. The number of ether oxygens (including phenoxy) is 4. The molecule has 0 amide bonds. The Labute approximate surface area is 161 Å². The van der Waals surface area contributed by atoms with Crippen LogP contribution >= 0.6 is 0 Å². The molecule has 1 N–H and O–H groups in total. The van der Waals surface area contributed by atoms with E-state index in [0.717, 1.165) is 11.4 Å². The molecule has 2 atom stereocenters. The number of hydrogen-bond acceptors (Lipinski definition) is 7. The number of methoxy groups -OCH3 is 1. The van der Waals surface area contributed by atoms with E-state index < -0.39 is 23.7 Å². The zero-order valence-corrected chi connectivity index (χ0v) is 16.8. The SMILES string of the molecule is CCOC(=O)C(OCC)(OCC)C(C)CC(C#N)Nc1ccc(OC)cc1. The van der Waals surface area contributed by atoms with Gasteiger partial charge in [0.05, 0.1) is 19.8 Å². The van der Waals surface area contributed by atoms with Crippen LogP contribution in [-0.2, 0) is 19.0 Å². The van der Waals surface area contributed by atoms with E-state index in [1.165, 1.54) is 0 Å². The van der Waals surface area contributed by atoms with Crippen molar-refractivity contribution < 1.29 is 23.7 Å². The molecular formula is C20H30N2O5. The standard InChI is InChI=1S/C20H30N2O5/c1-6-25-19(23)20(26-7-2,27-8-3)15(4)13-17(14-21)22-16-9-11-18(24-5)12-10-16/h9-12,15,17,22H,6-8,13H2,1-5H3. The number of nitrogens with one attached hydrogen (secondary N) is 1. The summed E-state index contributed by atoms with van der Waals surface area (Å²) in [5.74, 6) is -1.78. The summed E-state index contributed by atoms with van der Waals surface area (Å²) >= 11 is 0. The van der Waals surface area contributed by atoms with E-state index in [1.807, 2.05) is 31.2 Å². The highest BCUT2D eigenvalue weighted by molar-refractivity contribution is 5.78. The van der Waals surface area contributed by atoms with Crippen LogP contribution in [0.25, 0.3) is 0 Å². The molecule has 27 heavy (non-hydrogen) atoms. The van der Waals surface area contributed by atoms with Gasteiger partial charge in [0, 0.05) is 24.8 Å². The van der Waals surface area contributed by atoms with Crippen molar-refractivity contribution in [1.29, 1.82) is 5.26 Å². The molecule has 0 aliphatic carbocycles. The second kappa shape index (κ2) is 11.4. The van der Waals surface area contributed by atoms with E-state index in [2.05, 4.69) is 11.4 Å².